The normalized spacial score (nSPS) is 9.33. The molecule has 2 aromatic heterocycles. The van der Waals surface area contributed by atoms with E-state index in [1.807, 2.05) is 0 Å². The zero-order valence-electron chi connectivity index (χ0n) is 6.02. The lowest BCUT2D eigenvalue weighted by Gasteiger charge is -1.91. The predicted octanol–water partition coefficient (Wildman–Crippen LogP) is 0.740. The zero-order valence-corrected chi connectivity index (χ0v) is 6.84. The van der Waals surface area contributed by atoms with Gasteiger partial charge in [-0.15, -0.1) is 12.4 Å². The Morgan fingerprint density at radius 3 is 3.00 bits per heavy atom. The monoisotopic (exact) mass is 183 g/mol. The molecule has 4 nitrogen and oxygen atoms in total. The van der Waals surface area contributed by atoms with Crippen LogP contribution in [0.4, 0.5) is 0 Å². The van der Waals surface area contributed by atoms with Crippen molar-refractivity contribution in [3.8, 4) is 0 Å². The third-order valence-corrected chi connectivity index (χ3v) is 1.40. The van der Waals surface area contributed by atoms with Crippen LogP contribution in [0.25, 0.3) is 11.0 Å². The Morgan fingerprint density at radius 2 is 2.17 bits per heavy atom. The quantitative estimate of drug-likeness (QED) is 0.656. The fourth-order valence-corrected chi connectivity index (χ4v) is 0.891. The standard InChI is InChI=1S/C7H5N3O.ClH/c11-6-2-1-5-3-8-4-9-7(5)10-6;/h1-4H,(H,8,9,10,11);1H. The summed E-state index contributed by atoms with van der Waals surface area (Å²) >= 11 is 0. The smallest absolute Gasteiger partial charge is 0.249 e. The maximum atomic E-state index is 10.8. The first-order valence-corrected chi connectivity index (χ1v) is 3.15. The Kier molecular flexibility index (Phi) is 2.40. The van der Waals surface area contributed by atoms with Crippen molar-refractivity contribution in [3.63, 3.8) is 0 Å². The van der Waals surface area contributed by atoms with Crippen molar-refractivity contribution in [2.75, 3.05) is 0 Å². The van der Waals surface area contributed by atoms with Gasteiger partial charge in [-0.25, -0.2) is 9.97 Å². The molecule has 0 fully saturated rings. The first kappa shape index (κ1) is 8.67. The number of pyridine rings is 1. The highest BCUT2D eigenvalue weighted by molar-refractivity contribution is 5.85. The molecular weight excluding hydrogens is 178 g/mol. The number of halogens is 1. The van der Waals surface area contributed by atoms with Crippen LogP contribution in [0, 0.1) is 0 Å². The summed E-state index contributed by atoms with van der Waals surface area (Å²) in [5.74, 6) is 0. The highest BCUT2D eigenvalue weighted by Gasteiger charge is 1.91. The highest BCUT2D eigenvalue weighted by Crippen LogP contribution is 2.00. The fraction of sp³-hybridized carbons (Fsp3) is 0. The van der Waals surface area contributed by atoms with E-state index in [-0.39, 0.29) is 18.0 Å². The number of nitrogens with zero attached hydrogens (tertiary/aromatic N) is 2. The van der Waals surface area contributed by atoms with Gasteiger partial charge in [0.05, 0.1) is 0 Å². The van der Waals surface area contributed by atoms with Crippen LogP contribution in [0.1, 0.15) is 0 Å². The van der Waals surface area contributed by atoms with Crippen molar-refractivity contribution in [2.45, 2.75) is 0 Å². The summed E-state index contributed by atoms with van der Waals surface area (Å²) in [6, 6.07) is 3.14. The number of H-pyrrole nitrogens is 1. The second-order valence-electron chi connectivity index (χ2n) is 2.15. The maximum absolute atomic E-state index is 10.8. The number of aromatic amines is 1. The third kappa shape index (κ3) is 1.43. The summed E-state index contributed by atoms with van der Waals surface area (Å²) in [4.78, 5) is 21.0. The zero-order chi connectivity index (χ0) is 7.68. The van der Waals surface area contributed by atoms with E-state index in [0.29, 0.717) is 5.65 Å². The highest BCUT2D eigenvalue weighted by atomic mass is 35.5. The van der Waals surface area contributed by atoms with Crippen molar-refractivity contribution in [3.05, 3.63) is 35.0 Å². The van der Waals surface area contributed by atoms with E-state index in [9.17, 15) is 4.79 Å². The van der Waals surface area contributed by atoms with Gasteiger partial charge in [-0.2, -0.15) is 0 Å². The topological polar surface area (TPSA) is 58.6 Å². The van der Waals surface area contributed by atoms with Crippen LogP contribution in [-0.2, 0) is 0 Å². The molecule has 0 aliphatic rings. The third-order valence-electron chi connectivity index (χ3n) is 1.40. The second-order valence-corrected chi connectivity index (χ2v) is 2.15. The van der Waals surface area contributed by atoms with Crippen LogP contribution < -0.4 is 5.56 Å². The molecule has 1 N–H and O–H groups in total. The van der Waals surface area contributed by atoms with Gasteiger partial charge in [-0.1, -0.05) is 0 Å². The molecule has 0 unspecified atom stereocenters. The van der Waals surface area contributed by atoms with Gasteiger partial charge in [-0.05, 0) is 6.07 Å². The fourth-order valence-electron chi connectivity index (χ4n) is 0.891. The molecule has 0 aromatic carbocycles. The summed E-state index contributed by atoms with van der Waals surface area (Å²) in [7, 11) is 0. The average molecular weight is 184 g/mol. The van der Waals surface area contributed by atoms with Crippen molar-refractivity contribution in [1.82, 2.24) is 15.0 Å². The first-order valence-electron chi connectivity index (χ1n) is 3.15. The molecule has 0 spiro atoms. The molecule has 2 rings (SSSR count). The minimum atomic E-state index is -0.142. The number of aromatic nitrogens is 3. The minimum absolute atomic E-state index is 0. The van der Waals surface area contributed by atoms with Crippen LogP contribution in [0.3, 0.4) is 0 Å². The Bertz CT molecular complexity index is 440. The van der Waals surface area contributed by atoms with Gasteiger partial charge in [0.25, 0.3) is 0 Å². The van der Waals surface area contributed by atoms with E-state index in [4.69, 9.17) is 0 Å². The van der Waals surface area contributed by atoms with E-state index in [2.05, 4.69) is 15.0 Å². The van der Waals surface area contributed by atoms with Crippen molar-refractivity contribution in [1.29, 1.82) is 0 Å². The van der Waals surface area contributed by atoms with Crippen molar-refractivity contribution < 1.29 is 0 Å². The van der Waals surface area contributed by atoms with Gasteiger partial charge >= 0.3 is 0 Å². The largest absolute Gasteiger partial charge is 0.306 e. The van der Waals surface area contributed by atoms with Gasteiger partial charge in [0, 0.05) is 17.6 Å². The van der Waals surface area contributed by atoms with Crippen molar-refractivity contribution in [2.24, 2.45) is 0 Å². The molecule has 0 atom stereocenters. The number of fused-ring (bicyclic) bond motifs is 1. The SMILES string of the molecule is Cl.O=c1ccc2cncnc2[nH]1. The Balaban J connectivity index is 0.000000720. The molecular formula is C7H6ClN3O. The lowest BCUT2D eigenvalue weighted by Crippen LogP contribution is -2.03. The Labute approximate surface area is 74.1 Å². The molecule has 0 aliphatic carbocycles. The van der Waals surface area contributed by atoms with Crippen LogP contribution in [0.2, 0.25) is 0 Å². The molecule has 0 saturated carbocycles. The molecule has 2 heterocycles. The maximum Gasteiger partial charge on any atom is 0.249 e. The van der Waals surface area contributed by atoms with E-state index < -0.39 is 0 Å². The molecule has 2 aromatic rings. The van der Waals surface area contributed by atoms with Gasteiger partial charge in [0.15, 0.2) is 0 Å². The molecule has 0 radical (unpaired) electrons. The van der Waals surface area contributed by atoms with Gasteiger partial charge in [0.2, 0.25) is 5.56 Å². The van der Waals surface area contributed by atoms with E-state index in [1.165, 1.54) is 12.4 Å². The van der Waals surface area contributed by atoms with Crippen LogP contribution in [-0.4, -0.2) is 15.0 Å². The predicted molar refractivity (Wildman–Crippen MR) is 47.4 cm³/mol. The molecule has 0 bridgehead atoms. The number of hydrogen-bond acceptors (Lipinski definition) is 3. The number of hydrogen-bond donors (Lipinski definition) is 1. The Hall–Kier alpha value is -1.42. The minimum Gasteiger partial charge on any atom is -0.306 e. The first-order chi connectivity index (χ1) is 5.36. The molecule has 0 aliphatic heterocycles. The van der Waals surface area contributed by atoms with Crippen LogP contribution >= 0.6 is 12.4 Å². The molecule has 0 saturated heterocycles. The summed E-state index contributed by atoms with van der Waals surface area (Å²) < 4.78 is 0. The van der Waals surface area contributed by atoms with E-state index >= 15 is 0 Å². The van der Waals surface area contributed by atoms with Gasteiger partial charge in [-0.3, -0.25) is 4.79 Å². The van der Waals surface area contributed by atoms with Crippen LogP contribution in [0.15, 0.2) is 29.5 Å². The molecule has 0 amide bonds. The average Bonchev–Trinajstić information content (AvgIpc) is 2.04. The number of rotatable bonds is 0. The molecule has 5 heteroatoms. The lowest BCUT2D eigenvalue weighted by atomic mass is 10.3. The number of nitrogens with one attached hydrogen (secondary N) is 1. The van der Waals surface area contributed by atoms with E-state index in [0.717, 1.165) is 5.39 Å². The summed E-state index contributed by atoms with van der Waals surface area (Å²) in [5, 5.41) is 0.840. The Morgan fingerprint density at radius 1 is 1.33 bits per heavy atom. The van der Waals surface area contributed by atoms with Crippen molar-refractivity contribution >= 4 is 23.4 Å². The molecule has 62 valence electrons. The second kappa shape index (κ2) is 3.32. The van der Waals surface area contributed by atoms with E-state index in [1.54, 1.807) is 12.3 Å². The van der Waals surface area contributed by atoms with Gasteiger partial charge in [0.1, 0.15) is 12.0 Å². The summed E-state index contributed by atoms with van der Waals surface area (Å²) in [6.07, 6.45) is 3.05. The lowest BCUT2D eigenvalue weighted by molar-refractivity contribution is 1.16. The van der Waals surface area contributed by atoms with Crippen LogP contribution in [0.5, 0.6) is 0 Å². The summed E-state index contributed by atoms with van der Waals surface area (Å²) in [5.41, 5.74) is 0.434. The molecule has 12 heavy (non-hydrogen) atoms. The van der Waals surface area contributed by atoms with Gasteiger partial charge < -0.3 is 4.98 Å². The summed E-state index contributed by atoms with van der Waals surface area (Å²) in [6.45, 7) is 0.